The van der Waals surface area contributed by atoms with E-state index in [1.54, 1.807) is 6.08 Å². The van der Waals surface area contributed by atoms with Gasteiger partial charge in [-0.05, 0) is 100 Å². The number of phenols is 1. The number of phenolic OH excluding ortho intramolecular Hbond substituents is 1. The fourth-order valence-electron chi connectivity index (χ4n) is 13.0. The van der Waals surface area contributed by atoms with Gasteiger partial charge in [-0.3, -0.25) is 33.7 Å². The molecule has 7 aliphatic rings. The number of aromatic hydroxyl groups is 1. The largest absolute Gasteiger partial charge is 0.508 e. The average molecular weight is 865 g/mol. The first-order valence-corrected chi connectivity index (χ1v) is 20.9. The van der Waals surface area contributed by atoms with Crippen LogP contribution in [-0.2, 0) is 39.1 Å². The minimum absolute atomic E-state index is 0.00664. The molecular weight excluding hydrogens is 808 g/mol. The van der Waals surface area contributed by atoms with Gasteiger partial charge in [-0.1, -0.05) is 31.6 Å². The Morgan fingerprint density at radius 2 is 1.60 bits per heavy atom. The number of ether oxygens (including phenoxy) is 1. The highest BCUT2D eigenvalue weighted by Gasteiger charge is 2.71. The van der Waals surface area contributed by atoms with E-state index in [9.17, 15) is 69.6 Å². The highest BCUT2D eigenvalue weighted by molar-refractivity contribution is 6.24. The molecule has 17 nitrogen and oxygen atoms in total. The van der Waals surface area contributed by atoms with Crippen molar-refractivity contribution in [3.63, 3.8) is 0 Å². The van der Waals surface area contributed by atoms with Gasteiger partial charge >= 0.3 is 5.97 Å². The molecule has 0 spiro atoms. The monoisotopic (exact) mass is 864 g/mol. The first kappa shape index (κ1) is 45.3. The van der Waals surface area contributed by atoms with E-state index in [0.29, 0.717) is 19.3 Å². The van der Waals surface area contributed by atoms with Gasteiger partial charge in [0.05, 0.1) is 46.8 Å². The molecule has 7 aliphatic carbocycles. The maximum atomic E-state index is 13.7. The summed E-state index contributed by atoms with van der Waals surface area (Å²) in [6.07, 6.45) is 3.66. The third-order valence-electron chi connectivity index (χ3n) is 16.0. The van der Waals surface area contributed by atoms with Gasteiger partial charge < -0.3 is 51.3 Å². The van der Waals surface area contributed by atoms with Crippen LogP contribution in [0, 0.1) is 40.4 Å². The molecule has 8 rings (SSSR count). The quantitative estimate of drug-likeness (QED) is 0.147. The number of likely N-dealkylation sites (N-methyl/N-ethyl adjacent to an activating group) is 1. The summed E-state index contributed by atoms with van der Waals surface area (Å²) in [7, 11) is 2.80. The molecule has 4 fully saturated rings. The Balaban J connectivity index is 0.000000188. The van der Waals surface area contributed by atoms with Gasteiger partial charge in [0.1, 0.15) is 28.4 Å². The molecule has 1 aromatic carbocycles. The number of nitrogens with zero attached hydrogens (tertiary/aromatic N) is 1. The lowest BCUT2D eigenvalue weighted by molar-refractivity contribution is -0.184. The van der Waals surface area contributed by atoms with Crippen molar-refractivity contribution in [2.45, 2.75) is 108 Å². The predicted octanol–water partition coefficient (Wildman–Crippen LogP) is 0.952. The molecule has 0 radical (unpaired) electrons. The number of nitrogens with two attached hydrogens (primary N) is 1. The van der Waals surface area contributed by atoms with Crippen molar-refractivity contribution in [1.29, 1.82) is 0 Å². The highest BCUT2D eigenvalue weighted by atomic mass is 16.5. The summed E-state index contributed by atoms with van der Waals surface area (Å²) in [5.74, 6) is -10.1. The van der Waals surface area contributed by atoms with E-state index >= 15 is 0 Å². The molecule has 1 amide bonds. The molecule has 13 atom stereocenters. The Bertz CT molecular complexity index is 2280. The van der Waals surface area contributed by atoms with E-state index in [1.807, 2.05) is 6.92 Å². The number of aliphatic hydroxyl groups excluding tert-OH is 4. The van der Waals surface area contributed by atoms with Crippen LogP contribution >= 0.6 is 0 Å². The lowest BCUT2D eigenvalue weighted by Gasteiger charge is -2.60. The van der Waals surface area contributed by atoms with Crippen LogP contribution in [-0.4, -0.2) is 131 Å². The number of benzene rings is 1. The SMILES string of the molecule is CC(=O)OCC(=O)[C@@]1(O)CC[C@H]2[C@@H]3CCC4=CC(=O)CC[C@]4(C)[C@H]3[C@@H](O)C[C@@]21C.CN(C)[C@@H]1C(=O)C(C(N)=O)=C(O)[C@@]2(O)C(=O)C3=C(O)c4c(O)cccc4[C@](C)(O)[C@H]3[C@H](O)[C@@H]12. The summed E-state index contributed by atoms with van der Waals surface area (Å²) in [6.45, 7) is 6.18. The molecule has 10 N–H and O–H groups in total. The molecular formula is C45H56N2O15. The topological polar surface area (TPSA) is 303 Å². The minimum atomic E-state index is -3.02. The number of primary amides is 1. The molecule has 1 aromatic rings. The maximum Gasteiger partial charge on any atom is 0.303 e. The van der Waals surface area contributed by atoms with E-state index in [1.165, 1.54) is 51.0 Å². The molecule has 62 heavy (non-hydrogen) atoms. The summed E-state index contributed by atoms with van der Waals surface area (Å²) in [5, 5.41) is 89.1. The van der Waals surface area contributed by atoms with Crippen LogP contribution in [0.2, 0.25) is 0 Å². The second kappa shape index (κ2) is 14.9. The van der Waals surface area contributed by atoms with Crippen LogP contribution in [0.15, 0.2) is 46.8 Å². The van der Waals surface area contributed by atoms with Crippen LogP contribution in [0.5, 0.6) is 5.75 Å². The second-order valence-corrected chi connectivity index (χ2v) is 19.2. The van der Waals surface area contributed by atoms with E-state index in [2.05, 4.69) is 6.92 Å². The number of hydrogen-bond acceptors (Lipinski definition) is 16. The van der Waals surface area contributed by atoms with E-state index < -0.39 is 117 Å². The van der Waals surface area contributed by atoms with Gasteiger partial charge in [0.15, 0.2) is 23.8 Å². The third kappa shape index (κ3) is 6.09. The second-order valence-electron chi connectivity index (χ2n) is 19.2. The van der Waals surface area contributed by atoms with Crippen molar-refractivity contribution in [2.75, 3.05) is 20.7 Å². The Kier molecular flexibility index (Phi) is 10.9. The van der Waals surface area contributed by atoms with Crippen LogP contribution in [0.4, 0.5) is 0 Å². The van der Waals surface area contributed by atoms with Crippen LogP contribution in [0.3, 0.4) is 0 Å². The Morgan fingerprint density at radius 1 is 0.935 bits per heavy atom. The van der Waals surface area contributed by atoms with Crippen LogP contribution < -0.4 is 5.73 Å². The Morgan fingerprint density at radius 3 is 2.21 bits per heavy atom. The highest BCUT2D eigenvalue weighted by Crippen LogP contribution is 2.68. The number of aliphatic hydroxyl groups is 7. The fourth-order valence-corrected chi connectivity index (χ4v) is 13.0. The van der Waals surface area contributed by atoms with Gasteiger partial charge in [0.2, 0.25) is 11.6 Å². The van der Waals surface area contributed by atoms with Crippen LogP contribution in [0.1, 0.15) is 83.8 Å². The first-order valence-electron chi connectivity index (χ1n) is 20.9. The van der Waals surface area contributed by atoms with Crippen molar-refractivity contribution in [3.8, 4) is 5.75 Å². The number of esters is 1. The van der Waals surface area contributed by atoms with Gasteiger partial charge in [0.25, 0.3) is 5.91 Å². The molecule has 0 bridgehead atoms. The molecule has 0 unspecified atom stereocenters. The predicted molar refractivity (Wildman–Crippen MR) is 216 cm³/mol. The number of ketones is 4. The Labute approximate surface area is 357 Å². The van der Waals surface area contributed by atoms with Crippen molar-refractivity contribution in [1.82, 2.24) is 4.90 Å². The average Bonchev–Trinajstić information content (AvgIpc) is 3.45. The molecule has 17 heteroatoms. The zero-order valence-electron chi connectivity index (χ0n) is 35.5. The molecule has 0 heterocycles. The minimum Gasteiger partial charge on any atom is -0.508 e. The van der Waals surface area contributed by atoms with Gasteiger partial charge in [-0.25, -0.2) is 0 Å². The van der Waals surface area contributed by atoms with Crippen molar-refractivity contribution in [2.24, 2.45) is 46.2 Å². The molecule has 336 valence electrons. The van der Waals surface area contributed by atoms with Gasteiger partial charge in [-0.15, -0.1) is 0 Å². The molecule has 4 saturated carbocycles. The van der Waals surface area contributed by atoms with Crippen molar-refractivity contribution < 1.29 is 74.4 Å². The zero-order chi connectivity index (χ0) is 46.0. The number of Topliss-reactive ketones (excluding diaryl/α,β-unsaturated/α-hetero) is 3. The standard InChI is InChI=1S/C23H32O6.C22H24N2O9/c1-13(24)29-12-19(27)23(28)9-7-17-16-5-4-14-10-15(25)6-8-21(14,2)20(16)18(26)11-22(17,23)3;1-21(32)7-5-4-6-8(25)9(7)15(26)10-12(21)17(28)13-14(24(2)3)16(27)11(20(23)31)19(30)22(13,33)18(10)29/h10,16-18,20,26,28H,4-9,11-12H2,1-3H3;4-6,12-14,17,25-26,28,30,32-33H,1-3H3,(H2,23,31)/t16-,17-,18-,20+,21-,22-,23-;12-,13-,14+,17+,21+,22+/m01/s1. The number of allylic oxidation sites excluding steroid dienone is 1. The number of carbonyl (C=O) groups is 6. The normalized spacial score (nSPS) is 40.8. The van der Waals surface area contributed by atoms with Gasteiger partial charge in [-0.2, -0.15) is 0 Å². The summed E-state index contributed by atoms with van der Waals surface area (Å²) >= 11 is 0. The van der Waals surface area contributed by atoms with Crippen LogP contribution in [0.25, 0.3) is 5.76 Å². The third-order valence-corrected chi connectivity index (χ3v) is 16.0. The van der Waals surface area contributed by atoms with Gasteiger partial charge in [0, 0.05) is 18.8 Å². The molecule has 0 saturated heterocycles. The Hall–Kier alpha value is -4.78. The zero-order valence-corrected chi connectivity index (χ0v) is 35.5. The number of hydrogen-bond donors (Lipinski definition) is 9. The van der Waals surface area contributed by atoms with E-state index in [0.717, 1.165) is 31.3 Å². The number of amides is 1. The number of fused-ring (bicyclic) bond motifs is 8. The smallest absolute Gasteiger partial charge is 0.303 e. The number of carbonyl (C=O) groups excluding carboxylic acids is 6. The number of rotatable bonds is 5. The summed E-state index contributed by atoms with van der Waals surface area (Å²) < 4.78 is 4.89. The summed E-state index contributed by atoms with van der Waals surface area (Å²) in [5.41, 5.74) is -3.13. The first-order chi connectivity index (χ1) is 28.7. The lowest BCUT2D eigenvalue weighted by atomic mass is 9.45. The maximum absolute atomic E-state index is 13.7. The van der Waals surface area contributed by atoms with E-state index in [-0.39, 0.29) is 40.1 Å². The fraction of sp³-hybridized carbons (Fsp3) is 0.600. The lowest BCUT2D eigenvalue weighted by Crippen LogP contribution is -2.71. The molecule has 0 aliphatic heterocycles. The van der Waals surface area contributed by atoms with E-state index in [4.69, 9.17) is 10.5 Å². The molecule has 0 aromatic heterocycles. The van der Waals surface area contributed by atoms with Crippen molar-refractivity contribution >= 4 is 40.8 Å². The summed E-state index contributed by atoms with van der Waals surface area (Å²) in [6, 6.07) is 2.50. The summed E-state index contributed by atoms with van der Waals surface area (Å²) in [4.78, 5) is 75.9. The van der Waals surface area contributed by atoms with Crippen molar-refractivity contribution in [3.05, 3.63) is 57.9 Å².